The molecule has 2 amide bonds. The van der Waals surface area contributed by atoms with Gasteiger partial charge < -0.3 is 15.1 Å². The molecule has 166 valence electrons. The van der Waals surface area contributed by atoms with E-state index in [2.05, 4.69) is 15.4 Å². The van der Waals surface area contributed by atoms with Gasteiger partial charge in [0.05, 0.1) is 11.2 Å². The Morgan fingerprint density at radius 2 is 1.72 bits per heavy atom. The topological polar surface area (TPSA) is 118 Å². The second kappa shape index (κ2) is 10.6. The number of hydrogen-bond acceptors (Lipinski definition) is 5. The number of benzene rings is 2. The van der Waals surface area contributed by atoms with Gasteiger partial charge in [-0.15, -0.1) is 0 Å². The molecular weight excluding hydrogens is 430 g/mol. The van der Waals surface area contributed by atoms with Crippen molar-refractivity contribution in [1.82, 2.24) is 10.0 Å². The van der Waals surface area contributed by atoms with Gasteiger partial charge in [-0.2, -0.15) is 0 Å². The van der Waals surface area contributed by atoms with Crippen molar-refractivity contribution >= 4 is 33.6 Å². The Labute approximate surface area is 186 Å². The Morgan fingerprint density at radius 3 is 2.34 bits per heavy atom. The zero-order valence-corrected chi connectivity index (χ0v) is 18.2. The second-order valence-electron chi connectivity index (χ2n) is 6.75. The van der Waals surface area contributed by atoms with Crippen LogP contribution in [0.25, 0.3) is 6.08 Å². The lowest BCUT2D eigenvalue weighted by Gasteiger charge is -2.06. The van der Waals surface area contributed by atoms with Gasteiger partial charge in [0.25, 0.3) is 5.91 Å². The van der Waals surface area contributed by atoms with Crippen molar-refractivity contribution in [3.63, 3.8) is 0 Å². The normalized spacial score (nSPS) is 11.4. The molecule has 8 nitrogen and oxygen atoms in total. The minimum Gasteiger partial charge on any atom is -0.459 e. The van der Waals surface area contributed by atoms with Gasteiger partial charge in [-0.25, -0.2) is 13.1 Å². The van der Waals surface area contributed by atoms with Crippen molar-refractivity contribution in [2.75, 3.05) is 11.9 Å². The van der Waals surface area contributed by atoms with Crippen LogP contribution in [0.4, 0.5) is 5.69 Å². The van der Waals surface area contributed by atoms with Gasteiger partial charge in [-0.1, -0.05) is 31.2 Å². The van der Waals surface area contributed by atoms with Crippen LogP contribution < -0.4 is 15.4 Å². The summed E-state index contributed by atoms with van der Waals surface area (Å²) < 4.78 is 31.3. The molecule has 0 aliphatic carbocycles. The van der Waals surface area contributed by atoms with Gasteiger partial charge >= 0.3 is 0 Å². The molecule has 0 aliphatic heterocycles. The number of hydrogen-bond donors (Lipinski definition) is 3. The number of carbonyl (C=O) groups excluding carboxylic acids is 2. The maximum absolute atomic E-state index is 12.1. The molecule has 0 spiro atoms. The first-order valence-electron chi connectivity index (χ1n) is 9.87. The highest BCUT2D eigenvalue weighted by molar-refractivity contribution is 7.89. The molecule has 3 rings (SSSR count). The quantitative estimate of drug-likeness (QED) is 0.430. The number of anilines is 1. The van der Waals surface area contributed by atoms with E-state index in [1.807, 2.05) is 0 Å². The molecule has 0 aliphatic rings. The minimum absolute atomic E-state index is 0.171. The molecule has 0 unspecified atom stereocenters. The van der Waals surface area contributed by atoms with Crippen LogP contribution in [0.15, 0.2) is 82.3 Å². The van der Waals surface area contributed by atoms with E-state index in [1.165, 1.54) is 24.5 Å². The van der Waals surface area contributed by atoms with Crippen LogP contribution in [0.2, 0.25) is 0 Å². The lowest BCUT2D eigenvalue weighted by Crippen LogP contribution is -2.23. The maximum Gasteiger partial charge on any atom is 0.291 e. The van der Waals surface area contributed by atoms with E-state index < -0.39 is 10.0 Å². The van der Waals surface area contributed by atoms with Crippen molar-refractivity contribution in [3.05, 3.63) is 89.9 Å². The van der Waals surface area contributed by atoms with E-state index in [4.69, 9.17) is 4.42 Å². The molecule has 1 aromatic heterocycles. The maximum atomic E-state index is 12.1. The fraction of sp³-hybridized carbons (Fsp3) is 0.130. The van der Waals surface area contributed by atoms with Crippen LogP contribution >= 0.6 is 0 Å². The average Bonchev–Trinajstić information content (AvgIpc) is 3.33. The molecule has 0 fully saturated rings. The van der Waals surface area contributed by atoms with Crippen LogP contribution in [0.5, 0.6) is 0 Å². The first-order chi connectivity index (χ1) is 15.4. The molecule has 2 aromatic carbocycles. The Bertz CT molecular complexity index is 1180. The van der Waals surface area contributed by atoms with Crippen LogP contribution in [-0.4, -0.2) is 26.8 Å². The molecule has 9 heteroatoms. The van der Waals surface area contributed by atoms with Gasteiger partial charge in [0, 0.05) is 24.9 Å². The highest BCUT2D eigenvalue weighted by Gasteiger charge is 2.11. The van der Waals surface area contributed by atoms with Gasteiger partial charge in [0.15, 0.2) is 5.76 Å². The summed E-state index contributed by atoms with van der Waals surface area (Å²) >= 11 is 0. The summed E-state index contributed by atoms with van der Waals surface area (Å²) in [5.74, 6) is -0.403. The Morgan fingerprint density at radius 1 is 1.00 bits per heavy atom. The van der Waals surface area contributed by atoms with Gasteiger partial charge in [-0.05, 0) is 53.6 Å². The van der Waals surface area contributed by atoms with Crippen molar-refractivity contribution in [1.29, 1.82) is 0 Å². The zero-order chi connectivity index (χ0) is 23.0. The molecule has 3 aromatic rings. The van der Waals surface area contributed by atoms with Crippen molar-refractivity contribution in [3.8, 4) is 0 Å². The van der Waals surface area contributed by atoms with E-state index in [0.29, 0.717) is 24.3 Å². The lowest BCUT2D eigenvalue weighted by molar-refractivity contribution is -0.116. The molecule has 1 heterocycles. The smallest absolute Gasteiger partial charge is 0.291 e. The summed E-state index contributed by atoms with van der Waals surface area (Å²) in [5.41, 5.74) is 2.17. The summed E-state index contributed by atoms with van der Waals surface area (Å²) in [5, 5.41) is 5.49. The first-order valence-corrected chi connectivity index (χ1v) is 11.3. The van der Waals surface area contributed by atoms with Gasteiger partial charge in [0.2, 0.25) is 15.9 Å². The van der Waals surface area contributed by atoms with Crippen LogP contribution in [0.3, 0.4) is 0 Å². The third kappa shape index (κ3) is 6.40. The SMILES string of the molecule is CCNS(=O)(=O)c1ccc(/C=C/C(=O)NCc2ccc(NC(=O)c3ccco3)cc2)cc1. The summed E-state index contributed by atoms with van der Waals surface area (Å²) in [6.45, 7) is 2.34. The highest BCUT2D eigenvalue weighted by Crippen LogP contribution is 2.13. The van der Waals surface area contributed by atoms with Gasteiger partial charge in [-0.3, -0.25) is 9.59 Å². The Kier molecular flexibility index (Phi) is 7.58. The fourth-order valence-electron chi connectivity index (χ4n) is 2.76. The highest BCUT2D eigenvalue weighted by atomic mass is 32.2. The first kappa shape index (κ1) is 23.0. The Hall–Kier alpha value is -3.69. The third-order valence-electron chi connectivity index (χ3n) is 4.38. The molecule has 32 heavy (non-hydrogen) atoms. The number of rotatable bonds is 9. The second-order valence-corrected chi connectivity index (χ2v) is 8.52. The average molecular weight is 454 g/mol. The fourth-order valence-corrected chi connectivity index (χ4v) is 3.80. The van der Waals surface area contributed by atoms with E-state index in [9.17, 15) is 18.0 Å². The molecule has 0 saturated heterocycles. The largest absolute Gasteiger partial charge is 0.459 e. The van der Waals surface area contributed by atoms with E-state index in [0.717, 1.165) is 5.56 Å². The number of furan rings is 1. The molecule has 0 saturated carbocycles. The van der Waals surface area contributed by atoms with Gasteiger partial charge in [0.1, 0.15) is 0 Å². The van der Waals surface area contributed by atoms with Crippen LogP contribution in [-0.2, 0) is 21.4 Å². The van der Waals surface area contributed by atoms with E-state index in [-0.39, 0.29) is 22.5 Å². The van der Waals surface area contributed by atoms with Crippen molar-refractivity contribution in [2.24, 2.45) is 0 Å². The van der Waals surface area contributed by atoms with Crippen molar-refractivity contribution < 1.29 is 22.4 Å². The predicted octanol–water partition coefficient (Wildman–Crippen LogP) is 3.16. The number of carbonyl (C=O) groups is 2. The Balaban J connectivity index is 1.49. The summed E-state index contributed by atoms with van der Waals surface area (Å²) in [7, 11) is -3.50. The number of nitrogens with one attached hydrogen (secondary N) is 3. The number of sulfonamides is 1. The van der Waals surface area contributed by atoms with E-state index in [1.54, 1.807) is 61.5 Å². The van der Waals surface area contributed by atoms with Crippen LogP contribution in [0.1, 0.15) is 28.6 Å². The third-order valence-corrected chi connectivity index (χ3v) is 5.94. The summed E-state index contributed by atoms with van der Waals surface area (Å²) in [6, 6.07) is 16.5. The zero-order valence-electron chi connectivity index (χ0n) is 17.4. The summed E-state index contributed by atoms with van der Waals surface area (Å²) in [6.07, 6.45) is 4.41. The van der Waals surface area contributed by atoms with E-state index >= 15 is 0 Å². The molecule has 0 atom stereocenters. The van der Waals surface area contributed by atoms with Crippen molar-refractivity contribution in [2.45, 2.75) is 18.4 Å². The molecular formula is C23H23N3O5S. The summed E-state index contributed by atoms with van der Waals surface area (Å²) in [4.78, 5) is 24.2. The predicted molar refractivity (Wildman–Crippen MR) is 121 cm³/mol. The monoisotopic (exact) mass is 453 g/mol. The molecule has 0 bridgehead atoms. The number of amides is 2. The lowest BCUT2D eigenvalue weighted by atomic mass is 10.2. The standard InChI is InChI=1S/C23H23N3O5S/c1-2-25-32(29,30)20-12-7-17(8-13-20)9-14-22(27)24-16-18-5-10-19(11-6-18)26-23(28)21-4-3-15-31-21/h3-15,25H,2,16H2,1H3,(H,24,27)(H,26,28)/b14-9+. The van der Waals surface area contributed by atoms with Crippen LogP contribution in [0, 0.1) is 0 Å². The minimum atomic E-state index is -3.50. The molecule has 3 N–H and O–H groups in total. The molecule has 0 radical (unpaired) electrons.